The zero-order valence-electron chi connectivity index (χ0n) is 16.4. The average molecular weight is 421 g/mol. The van der Waals surface area contributed by atoms with Gasteiger partial charge in [0.1, 0.15) is 0 Å². The van der Waals surface area contributed by atoms with Gasteiger partial charge in [0.15, 0.2) is 11.5 Å². The number of carbonyl (C=O) groups excluding carboxylic acids is 1. The molecule has 2 aromatic rings. The summed E-state index contributed by atoms with van der Waals surface area (Å²) in [6.45, 7) is 2.05. The third-order valence-corrected chi connectivity index (χ3v) is 6.09. The van der Waals surface area contributed by atoms with Gasteiger partial charge in [-0.3, -0.25) is 4.79 Å². The minimum absolute atomic E-state index is 0.0479. The number of fused-ring (bicyclic) bond motifs is 1. The number of hydrogen-bond acceptors (Lipinski definition) is 4. The molecular formula is C21H22F3N3O3. The van der Waals surface area contributed by atoms with Gasteiger partial charge in [0.05, 0.1) is 18.9 Å². The molecule has 1 amide bonds. The first-order chi connectivity index (χ1) is 14.3. The van der Waals surface area contributed by atoms with E-state index in [2.05, 4.69) is 5.10 Å². The Balaban J connectivity index is 1.46. The molecular weight excluding hydrogens is 399 g/mol. The summed E-state index contributed by atoms with van der Waals surface area (Å²) in [5.41, 5.74) is 1.35. The second-order valence-electron chi connectivity index (χ2n) is 8.05. The zero-order valence-corrected chi connectivity index (χ0v) is 16.4. The van der Waals surface area contributed by atoms with Crippen molar-refractivity contribution in [2.45, 2.75) is 50.6 Å². The van der Waals surface area contributed by atoms with Gasteiger partial charge in [0.2, 0.25) is 5.91 Å². The highest BCUT2D eigenvalue weighted by Gasteiger charge is 2.47. The van der Waals surface area contributed by atoms with E-state index in [0.29, 0.717) is 50.4 Å². The fourth-order valence-corrected chi connectivity index (χ4v) is 4.61. The first kappa shape index (κ1) is 19.6. The summed E-state index contributed by atoms with van der Waals surface area (Å²) in [4.78, 5) is 13.6. The van der Waals surface area contributed by atoms with E-state index in [0.717, 1.165) is 18.5 Å². The van der Waals surface area contributed by atoms with Crippen LogP contribution >= 0.6 is 0 Å². The summed E-state index contributed by atoms with van der Waals surface area (Å²) in [6, 6.07) is 7.21. The Labute approximate surface area is 171 Å². The highest BCUT2D eigenvalue weighted by atomic mass is 19.4. The maximum absolute atomic E-state index is 13.7. The number of rotatable bonds is 3. The number of aromatic nitrogens is 2. The molecule has 3 aliphatic rings. The van der Waals surface area contributed by atoms with Crippen molar-refractivity contribution < 1.29 is 27.4 Å². The quantitative estimate of drug-likeness (QED) is 0.764. The van der Waals surface area contributed by atoms with Gasteiger partial charge in [0, 0.05) is 43.6 Å². The van der Waals surface area contributed by atoms with E-state index < -0.39 is 17.7 Å². The number of ether oxygens (including phenoxy) is 2. The molecule has 0 atom stereocenters. The van der Waals surface area contributed by atoms with Crippen molar-refractivity contribution in [1.29, 1.82) is 0 Å². The van der Waals surface area contributed by atoms with E-state index in [-0.39, 0.29) is 17.9 Å². The van der Waals surface area contributed by atoms with Crippen LogP contribution in [-0.4, -0.2) is 46.1 Å². The Morgan fingerprint density at radius 2 is 1.83 bits per heavy atom. The Morgan fingerprint density at radius 3 is 2.47 bits per heavy atom. The molecule has 0 unspecified atom stereocenters. The van der Waals surface area contributed by atoms with Crippen LogP contribution in [0.1, 0.15) is 41.8 Å². The van der Waals surface area contributed by atoms with E-state index in [4.69, 9.17) is 9.47 Å². The second-order valence-corrected chi connectivity index (χ2v) is 8.05. The molecule has 9 heteroatoms. The molecule has 30 heavy (non-hydrogen) atoms. The minimum atomic E-state index is -4.55. The third kappa shape index (κ3) is 3.39. The van der Waals surface area contributed by atoms with Gasteiger partial charge in [-0.2, -0.15) is 18.3 Å². The number of halogens is 3. The van der Waals surface area contributed by atoms with Crippen LogP contribution < -0.4 is 0 Å². The summed E-state index contributed by atoms with van der Waals surface area (Å²) >= 11 is 0. The van der Waals surface area contributed by atoms with Gasteiger partial charge < -0.3 is 14.4 Å². The Hall–Kier alpha value is -2.39. The summed E-state index contributed by atoms with van der Waals surface area (Å²) in [6.07, 6.45) is -2.17. The molecule has 0 bridgehead atoms. The fourth-order valence-electron chi connectivity index (χ4n) is 4.61. The van der Waals surface area contributed by atoms with Crippen LogP contribution in [0.4, 0.5) is 13.2 Å². The Morgan fingerprint density at radius 1 is 1.10 bits per heavy atom. The lowest BCUT2D eigenvalue weighted by Gasteiger charge is -2.32. The predicted octanol–water partition coefficient (Wildman–Crippen LogP) is 3.25. The number of alkyl halides is 3. The molecule has 2 aliphatic heterocycles. The van der Waals surface area contributed by atoms with Crippen LogP contribution in [0.2, 0.25) is 0 Å². The second kappa shape index (κ2) is 7.09. The molecule has 0 N–H and O–H groups in total. The SMILES string of the molecule is O=C1CCCN1Cc1ccc(-n2nc(C(F)(F)F)c3c2CCC2(C3)OCCO2)cc1. The summed E-state index contributed by atoms with van der Waals surface area (Å²) in [7, 11) is 0. The van der Waals surface area contributed by atoms with Crippen LogP contribution in [-0.2, 0) is 39.8 Å². The van der Waals surface area contributed by atoms with Gasteiger partial charge in [-0.1, -0.05) is 12.1 Å². The highest BCUT2D eigenvalue weighted by molar-refractivity contribution is 5.78. The molecule has 3 heterocycles. The van der Waals surface area contributed by atoms with Gasteiger partial charge in [-0.25, -0.2) is 4.68 Å². The van der Waals surface area contributed by atoms with Crippen LogP contribution in [0.3, 0.4) is 0 Å². The first-order valence-corrected chi connectivity index (χ1v) is 10.2. The largest absolute Gasteiger partial charge is 0.435 e. The molecule has 2 fully saturated rings. The molecule has 1 aromatic heterocycles. The lowest BCUT2D eigenvalue weighted by molar-refractivity contribution is -0.167. The summed E-state index contributed by atoms with van der Waals surface area (Å²) < 4.78 is 53.8. The van der Waals surface area contributed by atoms with Crippen LogP contribution in [0.5, 0.6) is 0 Å². The topological polar surface area (TPSA) is 56.6 Å². The van der Waals surface area contributed by atoms with E-state index in [1.54, 1.807) is 17.0 Å². The molecule has 2 saturated heterocycles. The molecule has 1 spiro atoms. The lowest BCUT2D eigenvalue weighted by Crippen LogP contribution is -2.37. The number of nitrogens with zero attached hydrogens (tertiary/aromatic N) is 3. The van der Waals surface area contributed by atoms with Crippen LogP contribution in [0.25, 0.3) is 5.69 Å². The smallest absolute Gasteiger partial charge is 0.347 e. The number of benzene rings is 1. The first-order valence-electron chi connectivity index (χ1n) is 10.2. The summed E-state index contributed by atoms with van der Waals surface area (Å²) in [5, 5.41) is 3.95. The fraction of sp³-hybridized carbons (Fsp3) is 0.524. The monoisotopic (exact) mass is 421 g/mol. The van der Waals surface area contributed by atoms with E-state index in [9.17, 15) is 18.0 Å². The van der Waals surface area contributed by atoms with Crippen molar-refractivity contribution in [2.75, 3.05) is 19.8 Å². The van der Waals surface area contributed by atoms with Gasteiger partial charge >= 0.3 is 6.18 Å². The number of likely N-dealkylation sites (tertiary alicyclic amines) is 1. The average Bonchev–Trinajstić information content (AvgIpc) is 3.42. The minimum Gasteiger partial charge on any atom is -0.347 e. The molecule has 6 nitrogen and oxygen atoms in total. The maximum atomic E-state index is 13.7. The van der Waals surface area contributed by atoms with Crippen LogP contribution in [0, 0.1) is 0 Å². The van der Waals surface area contributed by atoms with Crippen molar-refractivity contribution in [2.24, 2.45) is 0 Å². The molecule has 5 rings (SSSR count). The molecule has 1 aliphatic carbocycles. The van der Waals surface area contributed by atoms with Crippen molar-refractivity contribution in [1.82, 2.24) is 14.7 Å². The standard InChI is InChI=1S/C21H22F3N3O3/c22-21(23,24)19-16-12-20(29-10-11-30-20)8-7-17(16)27(25-19)15-5-3-14(4-6-15)13-26-9-1-2-18(26)28/h3-6H,1-2,7-13H2. The Kier molecular flexibility index (Phi) is 4.62. The molecule has 0 radical (unpaired) electrons. The lowest BCUT2D eigenvalue weighted by atomic mass is 9.90. The van der Waals surface area contributed by atoms with Crippen LogP contribution in [0.15, 0.2) is 24.3 Å². The molecule has 1 aromatic carbocycles. The van der Waals surface area contributed by atoms with Crippen molar-refractivity contribution in [3.05, 3.63) is 46.8 Å². The van der Waals surface area contributed by atoms with Crippen molar-refractivity contribution in [3.63, 3.8) is 0 Å². The number of carbonyl (C=O) groups is 1. The molecule has 160 valence electrons. The van der Waals surface area contributed by atoms with Gasteiger partial charge in [-0.15, -0.1) is 0 Å². The van der Waals surface area contributed by atoms with E-state index >= 15 is 0 Å². The van der Waals surface area contributed by atoms with Crippen molar-refractivity contribution in [3.8, 4) is 5.69 Å². The third-order valence-electron chi connectivity index (χ3n) is 6.09. The zero-order chi connectivity index (χ0) is 20.9. The van der Waals surface area contributed by atoms with E-state index in [1.165, 1.54) is 4.68 Å². The normalized spacial score (nSPS) is 20.9. The summed E-state index contributed by atoms with van der Waals surface area (Å²) in [5.74, 6) is -0.826. The van der Waals surface area contributed by atoms with Gasteiger partial charge in [0.25, 0.3) is 0 Å². The maximum Gasteiger partial charge on any atom is 0.435 e. The molecule has 0 saturated carbocycles. The number of amides is 1. The van der Waals surface area contributed by atoms with Crippen molar-refractivity contribution >= 4 is 5.91 Å². The Bertz CT molecular complexity index is 962. The number of hydrogen-bond donors (Lipinski definition) is 0. The predicted molar refractivity (Wildman–Crippen MR) is 99.9 cm³/mol. The van der Waals surface area contributed by atoms with Gasteiger partial charge in [-0.05, 0) is 30.5 Å². The highest BCUT2D eigenvalue weighted by Crippen LogP contribution is 2.42. The van der Waals surface area contributed by atoms with E-state index in [1.807, 2.05) is 12.1 Å².